The van der Waals surface area contributed by atoms with Gasteiger partial charge in [-0.3, -0.25) is 4.79 Å². The molecule has 1 aliphatic rings. The van der Waals surface area contributed by atoms with E-state index in [0.717, 1.165) is 4.42 Å². The minimum Gasteiger partial charge on any atom is -0.270 e. The summed E-state index contributed by atoms with van der Waals surface area (Å²) in [6.07, 6.45) is 0.456. The van der Waals surface area contributed by atoms with Gasteiger partial charge in [0.2, 0.25) is 0 Å². The second kappa shape index (κ2) is 3.52. The van der Waals surface area contributed by atoms with Crippen LogP contribution in [0.2, 0.25) is 0 Å². The largest absolute Gasteiger partial charge is 0.357 e. The highest BCUT2D eigenvalue weighted by molar-refractivity contribution is 6.39. The molecule has 6 heteroatoms. The van der Waals surface area contributed by atoms with Crippen LogP contribution >= 0.6 is 23.6 Å². The standard InChI is InChI=1S/C9H14Cl2N2O2/c1-8(2,3)5-9(4)6(14)12(10)7(15)13(9)11/h5H2,1-4H3. The van der Waals surface area contributed by atoms with Crippen molar-refractivity contribution >= 4 is 35.5 Å². The third-order valence-corrected chi connectivity index (χ3v) is 3.10. The SMILES string of the molecule is CC(C)(C)CC1(C)C(=O)N(Cl)C(=O)N1Cl. The summed E-state index contributed by atoms with van der Waals surface area (Å²) in [4.78, 5) is 23.2. The summed E-state index contributed by atoms with van der Waals surface area (Å²) in [6.45, 7) is 7.53. The number of carbonyl (C=O) groups excluding carboxylic acids is 2. The molecule has 15 heavy (non-hydrogen) atoms. The van der Waals surface area contributed by atoms with E-state index in [1.165, 1.54) is 0 Å². The van der Waals surface area contributed by atoms with E-state index in [1.807, 2.05) is 20.8 Å². The monoisotopic (exact) mass is 252 g/mol. The zero-order chi connectivity index (χ0) is 12.0. The van der Waals surface area contributed by atoms with E-state index >= 15 is 0 Å². The number of amides is 3. The molecular weight excluding hydrogens is 239 g/mol. The molecule has 1 aliphatic heterocycles. The van der Waals surface area contributed by atoms with Crippen LogP contribution in [0.1, 0.15) is 34.1 Å². The highest BCUT2D eigenvalue weighted by atomic mass is 35.5. The van der Waals surface area contributed by atoms with Crippen molar-refractivity contribution in [3.05, 3.63) is 0 Å². The molecule has 0 N–H and O–H groups in total. The predicted octanol–water partition coefficient (Wildman–Crippen LogP) is 2.75. The van der Waals surface area contributed by atoms with E-state index < -0.39 is 17.5 Å². The van der Waals surface area contributed by atoms with E-state index in [0.29, 0.717) is 10.8 Å². The molecule has 86 valence electrons. The molecule has 0 aromatic heterocycles. The normalized spacial score (nSPS) is 27.9. The van der Waals surface area contributed by atoms with Crippen molar-refractivity contribution in [3.63, 3.8) is 0 Å². The van der Waals surface area contributed by atoms with Crippen molar-refractivity contribution in [1.29, 1.82) is 0 Å². The summed E-state index contributed by atoms with van der Waals surface area (Å²) in [7, 11) is 0. The Hall–Kier alpha value is -0.480. The maximum Gasteiger partial charge on any atom is 0.357 e. The first-order chi connectivity index (χ1) is 6.59. The molecule has 4 nitrogen and oxygen atoms in total. The minimum absolute atomic E-state index is 0.125. The number of halogens is 2. The van der Waals surface area contributed by atoms with Crippen molar-refractivity contribution in [2.45, 2.75) is 39.7 Å². The molecule has 1 heterocycles. The highest BCUT2D eigenvalue weighted by Gasteiger charge is 2.55. The lowest BCUT2D eigenvalue weighted by atomic mass is 9.81. The first kappa shape index (κ1) is 12.6. The van der Waals surface area contributed by atoms with E-state index in [9.17, 15) is 9.59 Å². The first-order valence-electron chi connectivity index (χ1n) is 4.60. The van der Waals surface area contributed by atoms with Gasteiger partial charge in [-0.2, -0.15) is 4.42 Å². The molecule has 1 rings (SSSR count). The topological polar surface area (TPSA) is 40.6 Å². The van der Waals surface area contributed by atoms with Gasteiger partial charge in [-0.1, -0.05) is 20.8 Å². The summed E-state index contributed by atoms with van der Waals surface area (Å²) >= 11 is 11.3. The molecule has 1 saturated heterocycles. The Kier molecular flexibility index (Phi) is 2.96. The second-order valence-electron chi connectivity index (χ2n) is 5.16. The van der Waals surface area contributed by atoms with E-state index in [2.05, 4.69) is 0 Å². The van der Waals surface area contributed by atoms with Crippen LogP contribution in [0.5, 0.6) is 0 Å². The molecule has 0 aromatic rings. The Bertz CT molecular complexity index is 314. The number of imide groups is 1. The molecule has 0 aliphatic carbocycles. The lowest BCUT2D eigenvalue weighted by Crippen LogP contribution is -2.45. The molecule has 3 amide bonds. The van der Waals surface area contributed by atoms with E-state index in [1.54, 1.807) is 6.92 Å². The number of urea groups is 1. The van der Waals surface area contributed by atoms with Crippen molar-refractivity contribution < 1.29 is 9.59 Å². The van der Waals surface area contributed by atoms with Gasteiger partial charge in [-0.05, 0) is 18.8 Å². The number of hydrogen-bond donors (Lipinski definition) is 0. The smallest absolute Gasteiger partial charge is 0.270 e. The van der Waals surface area contributed by atoms with Crippen LogP contribution in [0.25, 0.3) is 0 Å². The molecule has 0 bridgehead atoms. The number of carbonyl (C=O) groups is 2. The third kappa shape index (κ3) is 2.06. The second-order valence-corrected chi connectivity index (χ2v) is 5.84. The van der Waals surface area contributed by atoms with Crippen LogP contribution in [0.15, 0.2) is 0 Å². The fraction of sp³-hybridized carbons (Fsp3) is 0.778. The molecule has 0 aromatic carbocycles. The van der Waals surface area contributed by atoms with Gasteiger partial charge in [0.15, 0.2) is 0 Å². The molecule has 1 fully saturated rings. The summed E-state index contributed by atoms with van der Waals surface area (Å²) < 4.78 is 1.42. The molecule has 1 atom stereocenters. The zero-order valence-corrected chi connectivity index (χ0v) is 10.7. The molecule has 0 saturated carbocycles. The summed E-state index contributed by atoms with van der Waals surface area (Å²) in [6, 6.07) is -0.685. The van der Waals surface area contributed by atoms with Gasteiger partial charge in [-0.25, -0.2) is 9.21 Å². The molecular formula is C9H14Cl2N2O2. The van der Waals surface area contributed by atoms with Gasteiger partial charge in [0.25, 0.3) is 5.91 Å². The van der Waals surface area contributed by atoms with E-state index in [-0.39, 0.29) is 5.41 Å². The van der Waals surface area contributed by atoms with Crippen LogP contribution in [-0.4, -0.2) is 26.3 Å². The Morgan fingerprint density at radius 3 is 2.00 bits per heavy atom. The van der Waals surface area contributed by atoms with Gasteiger partial charge in [0.05, 0.1) is 0 Å². The first-order valence-corrected chi connectivity index (χ1v) is 5.27. The van der Waals surface area contributed by atoms with Gasteiger partial charge < -0.3 is 0 Å². The van der Waals surface area contributed by atoms with Crippen molar-refractivity contribution in [2.75, 3.05) is 0 Å². The Labute approximate surface area is 99.3 Å². The lowest BCUT2D eigenvalue weighted by molar-refractivity contribution is -0.129. The van der Waals surface area contributed by atoms with Gasteiger partial charge in [0.1, 0.15) is 5.54 Å². The summed E-state index contributed by atoms with van der Waals surface area (Å²) in [5.74, 6) is -0.473. The number of rotatable bonds is 1. The Morgan fingerprint density at radius 2 is 1.73 bits per heavy atom. The van der Waals surface area contributed by atoms with Crippen LogP contribution < -0.4 is 0 Å². The third-order valence-electron chi connectivity index (χ3n) is 2.28. The van der Waals surface area contributed by atoms with Crippen molar-refractivity contribution in [2.24, 2.45) is 5.41 Å². The average molecular weight is 253 g/mol. The van der Waals surface area contributed by atoms with Crippen LogP contribution in [0, 0.1) is 5.41 Å². The average Bonchev–Trinajstić information content (AvgIpc) is 2.19. The molecule has 0 spiro atoms. The zero-order valence-electron chi connectivity index (χ0n) is 9.17. The summed E-state index contributed by atoms with van der Waals surface area (Å²) in [5.41, 5.74) is -1.18. The number of hydrogen-bond acceptors (Lipinski definition) is 2. The molecule has 1 unspecified atom stereocenters. The highest BCUT2D eigenvalue weighted by Crippen LogP contribution is 2.39. The lowest BCUT2D eigenvalue weighted by Gasteiger charge is -2.32. The van der Waals surface area contributed by atoms with Crippen molar-refractivity contribution in [1.82, 2.24) is 8.84 Å². The van der Waals surface area contributed by atoms with E-state index in [4.69, 9.17) is 23.6 Å². The predicted molar refractivity (Wildman–Crippen MR) is 58.3 cm³/mol. The maximum atomic E-state index is 11.8. The molecule has 0 radical (unpaired) electrons. The van der Waals surface area contributed by atoms with Crippen LogP contribution in [0.3, 0.4) is 0 Å². The van der Waals surface area contributed by atoms with Crippen LogP contribution in [0.4, 0.5) is 4.79 Å². The Morgan fingerprint density at radius 1 is 1.27 bits per heavy atom. The minimum atomic E-state index is -1.06. The maximum absolute atomic E-state index is 11.8. The van der Waals surface area contributed by atoms with Crippen LogP contribution in [-0.2, 0) is 4.79 Å². The van der Waals surface area contributed by atoms with Gasteiger partial charge >= 0.3 is 6.03 Å². The fourth-order valence-electron chi connectivity index (χ4n) is 1.85. The van der Waals surface area contributed by atoms with Crippen molar-refractivity contribution in [3.8, 4) is 0 Å². The van der Waals surface area contributed by atoms with Gasteiger partial charge in [0, 0.05) is 23.6 Å². The Balaban J connectivity index is 3.03. The fourth-order valence-corrected chi connectivity index (χ4v) is 2.35. The summed E-state index contributed by atoms with van der Waals surface area (Å²) in [5, 5.41) is 0. The van der Waals surface area contributed by atoms with Gasteiger partial charge in [-0.15, -0.1) is 0 Å². The quantitative estimate of drug-likeness (QED) is 0.532. The number of nitrogens with zero attached hydrogens (tertiary/aromatic N) is 2.